The van der Waals surface area contributed by atoms with Gasteiger partial charge in [0.1, 0.15) is 5.69 Å². The Labute approximate surface area is 163 Å². The van der Waals surface area contributed by atoms with Crippen LogP contribution in [0.15, 0.2) is 60.1 Å². The van der Waals surface area contributed by atoms with Crippen LogP contribution < -0.4 is 5.32 Å². The number of methoxy groups -OCH3 is 1. The number of carbonyl (C=O) groups is 1. The summed E-state index contributed by atoms with van der Waals surface area (Å²) in [5, 5.41) is 9.65. The molecule has 140 valence electrons. The zero-order valence-electron chi connectivity index (χ0n) is 15.3. The normalized spacial score (nSPS) is 11.1. The molecule has 0 saturated heterocycles. The molecule has 0 radical (unpaired) electrons. The standard InChI is InChI=1S/C21H23N3O2S/c1-26-14-6-5-13-22-20(25)12-11-17-16-24(18-8-3-2-4-9-18)23-21(17)19-10-7-15-27-19/h2-4,7-12,15-16H,5-6,13-14H2,1H3,(H,22,25)/b12-11+. The molecule has 1 amide bonds. The Balaban J connectivity index is 1.74. The SMILES string of the molecule is COCCCCNC(=O)/C=C/c1cn(-c2ccccc2)nc1-c1cccs1. The Hall–Kier alpha value is -2.70. The van der Waals surface area contributed by atoms with Gasteiger partial charge in [-0.05, 0) is 42.5 Å². The molecule has 0 aliphatic rings. The average Bonchev–Trinajstić information content (AvgIpc) is 3.36. The van der Waals surface area contributed by atoms with E-state index in [0.29, 0.717) is 13.2 Å². The van der Waals surface area contributed by atoms with Gasteiger partial charge < -0.3 is 10.1 Å². The zero-order chi connectivity index (χ0) is 18.9. The summed E-state index contributed by atoms with van der Waals surface area (Å²) < 4.78 is 6.85. The molecule has 1 aromatic carbocycles. The van der Waals surface area contributed by atoms with E-state index in [1.165, 1.54) is 0 Å². The molecule has 0 atom stereocenters. The molecule has 1 N–H and O–H groups in total. The molecule has 0 unspecified atom stereocenters. The van der Waals surface area contributed by atoms with Crippen molar-refractivity contribution in [3.05, 3.63) is 65.7 Å². The van der Waals surface area contributed by atoms with Gasteiger partial charge in [-0.25, -0.2) is 4.68 Å². The number of amides is 1. The van der Waals surface area contributed by atoms with Crippen LogP contribution in [0.3, 0.4) is 0 Å². The summed E-state index contributed by atoms with van der Waals surface area (Å²) in [5.41, 5.74) is 2.77. The van der Waals surface area contributed by atoms with Gasteiger partial charge in [0.2, 0.25) is 5.91 Å². The minimum absolute atomic E-state index is 0.1000. The number of thiophene rings is 1. The Morgan fingerprint density at radius 2 is 2.07 bits per heavy atom. The smallest absolute Gasteiger partial charge is 0.244 e. The lowest BCUT2D eigenvalue weighted by Gasteiger charge is -2.01. The van der Waals surface area contributed by atoms with Crippen molar-refractivity contribution in [3.8, 4) is 16.3 Å². The van der Waals surface area contributed by atoms with Crippen LogP contribution in [-0.4, -0.2) is 35.9 Å². The van der Waals surface area contributed by atoms with Crippen LogP contribution in [-0.2, 0) is 9.53 Å². The van der Waals surface area contributed by atoms with E-state index in [0.717, 1.165) is 34.7 Å². The number of hydrogen-bond donors (Lipinski definition) is 1. The van der Waals surface area contributed by atoms with Crippen molar-refractivity contribution in [2.45, 2.75) is 12.8 Å². The van der Waals surface area contributed by atoms with Crippen LogP contribution in [0.5, 0.6) is 0 Å². The van der Waals surface area contributed by atoms with Crippen LogP contribution in [0.25, 0.3) is 22.3 Å². The first-order valence-corrected chi connectivity index (χ1v) is 9.79. The number of benzene rings is 1. The molecule has 0 fully saturated rings. The third-order valence-corrected chi connectivity index (χ3v) is 4.88. The number of carbonyl (C=O) groups excluding carboxylic acids is 1. The van der Waals surface area contributed by atoms with Gasteiger partial charge in [0.15, 0.2) is 0 Å². The topological polar surface area (TPSA) is 56.1 Å². The van der Waals surface area contributed by atoms with Crippen molar-refractivity contribution in [2.24, 2.45) is 0 Å². The highest BCUT2D eigenvalue weighted by Gasteiger charge is 2.11. The van der Waals surface area contributed by atoms with Crippen molar-refractivity contribution in [2.75, 3.05) is 20.3 Å². The van der Waals surface area contributed by atoms with Gasteiger partial charge in [-0.1, -0.05) is 24.3 Å². The van der Waals surface area contributed by atoms with Crippen LogP contribution >= 0.6 is 11.3 Å². The van der Waals surface area contributed by atoms with Gasteiger partial charge in [0.05, 0.1) is 10.6 Å². The summed E-state index contributed by atoms with van der Waals surface area (Å²) in [5.74, 6) is -0.1000. The number of nitrogens with zero attached hydrogens (tertiary/aromatic N) is 2. The molecule has 0 bridgehead atoms. The summed E-state index contributed by atoms with van der Waals surface area (Å²) in [6, 6.07) is 14.0. The fourth-order valence-corrected chi connectivity index (χ4v) is 3.37. The number of rotatable bonds is 9. The predicted octanol–water partition coefficient (Wildman–Crippen LogP) is 4.16. The maximum absolute atomic E-state index is 12.1. The molecule has 0 saturated carbocycles. The van der Waals surface area contributed by atoms with Crippen LogP contribution in [0, 0.1) is 0 Å². The average molecular weight is 382 g/mol. The Bertz CT molecular complexity index is 870. The molecule has 0 aliphatic carbocycles. The second-order valence-corrected chi connectivity index (χ2v) is 6.96. The minimum atomic E-state index is -0.1000. The Kier molecular flexibility index (Phi) is 6.96. The minimum Gasteiger partial charge on any atom is -0.385 e. The maximum Gasteiger partial charge on any atom is 0.244 e. The van der Waals surface area contributed by atoms with Gasteiger partial charge in [-0.15, -0.1) is 11.3 Å². The summed E-state index contributed by atoms with van der Waals surface area (Å²) in [7, 11) is 1.68. The molecule has 3 aromatic rings. The van der Waals surface area contributed by atoms with E-state index < -0.39 is 0 Å². The van der Waals surface area contributed by atoms with Crippen LogP contribution in [0.1, 0.15) is 18.4 Å². The monoisotopic (exact) mass is 381 g/mol. The largest absolute Gasteiger partial charge is 0.385 e. The maximum atomic E-state index is 12.1. The number of ether oxygens (including phenoxy) is 1. The third-order valence-electron chi connectivity index (χ3n) is 4.01. The highest BCUT2D eigenvalue weighted by molar-refractivity contribution is 7.13. The number of aromatic nitrogens is 2. The summed E-state index contributed by atoms with van der Waals surface area (Å²) in [6.07, 6.45) is 7.19. The summed E-state index contributed by atoms with van der Waals surface area (Å²) in [4.78, 5) is 13.1. The molecule has 2 heterocycles. The van der Waals surface area contributed by atoms with Crippen molar-refractivity contribution >= 4 is 23.3 Å². The van der Waals surface area contributed by atoms with E-state index in [1.807, 2.05) is 64.8 Å². The predicted molar refractivity (Wildman–Crippen MR) is 110 cm³/mol. The first-order chi connectivity index (χ1) is 13.3. The fourth-order valence-electron chi connectivity index (χ4n) is 2.63. The number of nitrogens with one attached hydrogen (secondary N) is 1. The van der Waals surface area contributed by atoms with Crippen molar-refractivity contribution in [1.29, 1.82) is 0 Å². The van der Waals surface area contributed by atoms with E-state index in [9.17, 15) is 4.79 Å². The van der Waals surface area contributed by atoms with Crippen molar-refractivity contribution in [1.82, 2.24) is 15.1 Å². The van der Waals surface area contributed by atoms with Crippen molar-refractivity contribution in [3.63, 3.8) is 0 Å². The highest BCUT2D eigenvalue weighted by Crippen LogP contribution is 2.28. The number of hydrogen-bond acceptors (Lipinski definition) is 4. The first-order valence-electron chi connectivity index (χ1n) is 8.92. The number of para-hydroxylation sites is 1. The second-order valence-electron chi connectivity index (χ2n) is 6.01. The molecule has 2 aromatic heterocycles. The molecule has 3 rings (SSSR count). The van der Waals surface area contributed by atoms with Gasteiger partial charge >= 0.3 is 0 Å². The molecular weight excluding hydrogens is 358 g/mol. The second kappa shape index (κ2) is 9.85. The van der Waals surface area contributed by atoms with Gasteiger partial charge in [0, 0.05) is 38.1 Å². The lowest BCUT2D eigenvalue weighted by atomic mass is 10.2. The van der Waals surface area contributed by atoms with Gasteiger partial charge in [0.25, 0.3) is 0 Å². The van der Waals surface area contributed by atoms with Gasteiger partial charge in [-0.3, -0.25) is 4.79 Å². The third kappa shape index (κ3) is 5.39. The lowest BCUT2D eigenvalue weighted by molar-refractivity contribution is -0.116. The molecule has 0 aliphatic heterocycles. The molecule has 0 spiro atoms. The van der Waals surface area contributed by atoms with Crippen molar-refractivity contribution < 1.29 is 9.53 Å². The molecular formula is C21H23N3O2S. The summed E-state index contributed by atoms with van der Waals surface area (Å²) in [6.45, 7) is 1.36. The molecule has 27 heavy (non-hydrogen) atoms. The highest BCUT2D eigenvalue weighted by atomic mass is 32.1. The van der Waals surface area contributed by atoms with Crippen LogP contribution in [0.2, 0.25) is 0 Å². The molecule has 5 nitrogen and oxygen atoms in total. The van der Waals surface area contributed by atoms with E-state index in [1.54, 1.807) is 24.5 Å². The summed E-state index contributed by atoms with van der Waals surface area (Å²) >= 11 is 1.63. The van der Waals surface area contributed by atoms with Crippen LogP contribution in [0.4, 0.5) is 0 Å². The lowest BCUT2D eigenvalue weighted by Crippen LogP contribution is -2.22. The van der Waals surface area contributed by atoms with E-state index in [2.05, 4.69) is 5.32 Å². The van der Waals surface area contributed by atoms with E-state index >= 15 is 0 Å². The number of unbranched alkanes of at least 4 members (excludes halogenated alkanes) is 1. The van der Waals surface area contributed by atoms with E-state index in [4.69, 9.17) is 9.84 Å². The van der Waals surface area contributed by atoms with Gasteiger partial charge in [-0.2, -0.15) is 5.10 Å². The quantitative estimate of drug-likeness (QED) is 0.447. The Morgan fingerprint density at radius 1 is 1.22 bits per heavy atom. The fraction of sp³-hybridized carbons (Fsp3) is 0.238. The first kappa shape index (κ1) is 19.1. The molecule has 6 heteroatoms. The Morgan fingerprint density at radius 3 is 2.81 bits per heavy atom. The zero-order valence-corrected chi connectivity index (χ0v) is 16.1. The van der Waals surface area contributed by atoms with E-state index in [-0.39, 0.29) is 5.91 Å².